The summed E-state index contributed by atoms with van der Waals surface area (Å²) in [6, 6.07) is 5.74. The Morgan fingerprint density at radius 3 is 2.76 bits per heavy atom. The Labute approximate surface area is 123 Å². The number of hydrogen-bond acceptors (Lipinski definition) is 7. The Hall–Kier alpha value is -2.28. The van der Waals surface area contributed by atoms with E-state index < -0.39 is 0 Å². The summed E-state index contributed by atoms with van der Waals surface area (Å²) < 4.78 is 16.0. The molecule has 0 atom stereocenters. The summed E-state index contributed by atoms with van der Waals surface area (Å²) in [7, 11) is 3.21. The molecule has 2 N–H and O–H groups in total. The number of benzene rings is 1. The van der Waals surface area contributed by atoms with Gasteiger partial charge in [-0.05, 0) is 25.1 Å². The highest BCUT2D eigenvalue weighted by Crippen LogP contribution is 2.31. The predicted molar refractivity (Wildman–Crippen MR) is 79.1 cm³/mol. The number of methoxy groups -OCH3 is 2. The number of rotatable bonds is 8. The lowest BCUT2D eigenvalue weighted by atomic mass is 10.2. The molecule has 0 aliphatic rings. The SMILES string of the molecule is CCCNCc1nnc(Nc2cc(OC)ccc2OC)o1. The van der Waals surface area contributed by atoms with Crippen molar-refractivity contribution < 1.29 is 13.9 Å². The van der Waals surface area contributed by atoms with Gasteiger partial charge in [-0.2, -0.15) is 0 Å². The van der Waals surface area contributed by atoms with Crippen LogP contribution in [0.4, 0.5) is 11.7 Å². The van der Waals surface area contributed by atoms with Crippen LogP contribution in [0.5, 0.6) is 11.5 Å². The fraction of sp³-hybridized carbons (Fsp3) is 0.429. The fourth-order valence-corrected chi connectivity index (χ4v) is 1.77. The summed E-state index contributed by atoms with van der Waals surface area (Å²) in [6.45, 7) is 3.56. The first-order valence-electron chi connectivity index (χ1n) is 6.79. The van der Waals surface area contributed by atoms with Gasteiger partial charge in [0, 0.05) is 6.07 Å². The van der Waals surface area contributed by atoms with Crippen molar-refractivity contribution in [3.8, 4) is 11.5 Å². The van der Waals surface area contributed by atoms with Gasteiger partial charge in [0.25, 0.3) is 0 Å². The van der Waals surface area contributed by atoms with Gasteiger partial charge in [0.15, 0.2) is 0 Å². The van der Waals surface area contributed by atoms with Gasteiger partial charge in [0.05, 0.1) is 26.5 Å². The maximum absolute atomic E-state index is 5.51. The van der Waals surface area contributed by atoms with E-state index in [2.05, 4.69) is 27.8 Å². The zero-order valence-electron chi connectivity index (χ0n) is 12.5. The minimum atomic E-state index is 0.315. The average Bonchev–Trinajstić information content (AvgIpc) is 2.95. The molecule has 0 saturated carbocycles. The molecule has 0 bridgehead atoms. The molecule has 0 amide bonds. The molecule has 0 radical (unpaired) electrons. The molecule has 0 aliphatic carbocycles. The van der Waals surface area contributed by atoms with Crippen LogP contribution in [0, 0.1) is 0 Å². The number of ether oxygens (including phenoxy) is 2. The van der Waals surface area contributed by atoms with Crippen LogP contribution in [0.2, 0.25) is 0 Å². The highest BCUT2D eigenvalue weighted by atomic mass is 16.5. The Bertz CT molecular complexity index is 571. The minimum Gasteiger partial charge on any atom is -0.497 e. The van der Waals surface area contributed by atoms with Crippen molar-refractivity contribution in [1.29, 1.82) is 0 Å². The number of hydrogen-bond donors (Lipinski definition) is 2. The molecule has 7 heteroatoms. The number of aromatic nitrogens is 2. The lowest BCUT2D eigenvalue weighted by Gasteiger charge is -2.09. The maximum atomic E-state index is 5.51. The van der Waals surface area contributed by atoms with Gasteiger partial charge in [-0.3, -0.25) is 0 Å². The van der Waals surface area contributed by atoms with Crippen LogP contribution in [-0.2, 0) is 6.54 Å². The van der Waals surface area contributed by atoms with E-state index in [0.717, 1.165) is 13.0 Å². The van der Waals surface area contributed by atoms with Gasteiger partial charge in [0.2, 0.25) is 5.89 Å². The van der Waals surface area contributed by atoms with Gasteiger partial charge in [-0.25, -0.2) is 0 Å². The molecule has 21 heavy (non-hydrogen) atoms. The van der Waals surface area contributed by atoms with Crippen molar-refractivity contribution in [3.05, 3.63) is 24.1 Å². The molecule has 0 saturated heterocycles. The van der Waals surface area contributed by atoms with E-state index in [1.165, 1.54) is 0 Å². The van der Waals surface area contributed by atoms with Gasteiger partial charge in [-0.1, -0.05) is 12.0 Å². The monoisotopic (exact) mass is 292 g/mol. The zero-order chi connectivity index (χ0) is 15.1. The second-order valence-electron chi connectivity index (χ2n) is 4.37. The highest BCUT2D eigenvalue weighted by Gasteiger charge is 2.10. The van der Waals surface area contributed by atoms with Crippen LogP contribution in [0.1, 0.15) is 19.2 Å². The molecule has 2 aromatic rings. The van der Waals surface area contributed by atoms with Crippen LogP contribution >= 0.6 is 0 Å². The van der Waals surface area contributed by atoms with E-state index >= 15 is 0 Å². The standard InChI is InChI=1S/C14H20N4O3/c1-4-7-15-9-13-17-18-14(21-13)16-11-8-10(19-2)5-6-12(11)20-3/h5-6,8,15H,4,7,9H2,1-3H3,(H,16,18). The molecule has 0 unspecified atom stereocenters. The second-order valence-corrected chi connectivity index (χ2v) is 4.37. The van der Waals surface area contributed by atoms with E-state index in [1.54, 1.807) is 26.4 Å². The summed E-state index contributed by atoms with van der Waals surface area (Å²) >= 11 is 0. The smallest absolute Gasteiger partial charge is 0.320 e. The summed E-state index contributed by atoms with van der Waals surface area (Å²) in [5.41, 5.74) is 0.702. The quantitative estimate of drug-likeness (QED) is 0.723. The van der Waals surface area contributed by atoms with E-state index in [0.29, 0.717) is 35.6 Å². The second kappa shape index (κ2) is 7.49. The van der Waals surface area contributed by atoms with Crippen molar-refractivity contribution in [1.82, 2.24) is 15.5 Å². The first-order valence-corrected chi connectivity index (χ1v) is 6.79. The fourth-order valence-electron chi connectivity index (χ4n) is 1.77. The van der Waals surface area contributed by atoms with Crippen LogP contribution in [0.15, 0.2) is 22.6 Å². The molecular formula is C14H20N4O3. The molecule has 1 aromatic carbocycles. The summed E-state index contributed by atoms with van der Waals surface area (Å²) in [4.78, 5) is 0. The third-order valence-electron chi connectivity index (χ3n) is 2.82. The molecule has 0 aliphatic heterocycles. The largest absolute Gasteiger partial charge is 0.497 e. The molecule has 2 rings (SSSR count). The predicted octanol–water partition coefficient (Wildman–Crippen LogP) is 2.33. The molecule has 114 valence electrons. The Morgan fingerprint density at radius 1 is 1.19 bits per heavy atom. The summed E-state index contributed by atoms with van der Waals surface area (Å²) in [6.07, 6.45) is 1.06. The topological polar surface area (TPSA) is 81.4 Å². The zero-order valence-corrected chi connectivity index (χ0v) is 12.5. The lowest BCUT2D eigenvalue weighted by Crippen LogP contribution is -2.13. The van der Waals surface area contributed by atoms with Crippen molar-refractivity contribution >= 4 is 11.7 Å². The van der Waals surface area contributed by atoms with Gasteiger partial charge < -0.3 is 24.5 Å². The van der Waals surface area contributed by atoms with Crippen molar-refractivity contribution in [2.24, 2.45) is 0 Å². The van der Waals surface area contributed by atoms with E-state index in [1.807, 2.05) is 6.07 Å². The summed E-state index contributed by atoms with van der Waals surface area (Å²) in [5.74, 6) is 1.91. The molecule has 0 spiro atoms. The summed E-state index contributed by atoms with van der Waals surface area (Å²) in [5, 5.41) is 14.2. The number of anilines is 2. The van der Waals surface area contributed by atoms with Crippen molar-refractivity contribution in [3.63, 3.8) is 0 Å². The Kier molecular flexibility index (Phi) is 5.39. The van der Waals surface area contributed by atoms with Crippen molar-refractivity contribution in [2.45, 2.75) is 19.9 Å². The molecule has 1 aromatic heterocycles. The Morgan fingerprint density at radius 2 is 2.05 bits per heavy atom. The minimum absolute atomic E-state index is 0.315. The van der Waals surface area contributed by atoms with E-state index in [4.69, 9.17) is 13.9 Å². The lowest BCUT2D eigenvalue weighted by molar-refractivity contribution is 0.404. The highest BCUT2D eigenvalue weighted by molar-refractivity contribution is 5.64. The van der Waals surface area contributed by atoms with Crippen molar-refractivity contribution in [2.75, 3.05) is 26.1 Å². The van der Waals surface area contributed by atoms with Crippen LogP contribution in [-0.4, -0.2) is 31.0 Å². The third kappa shape index (κ3) is 4.09. The third-order valence-corrected chi connectivity index (χ3v) is 2.82. The number of nitrogens with zero attached hydrogens (tertiary/aromatic N) is 2. The average molecular weight is 292 g/mol. The van der Waals surface area contributed by atoms with E-state index in [9.17, 15) is 0 Å². The van der Waals surface area contributed by atoms with Gasteiger partial charge in [0.1, 0.15) is 11.5 Å². The molecule has 0 fully saturated rings. The van der Waals surface area contributed by atoms with Crippen LogP contribution in [0.3, 0.4) is 0 Å². The maximum Gasteiger partial charge on any atom is 0.320 e. The Balaban J connectivity index is 2.07. The first kappa shape index (κ1) is 15.1. The molecule has 7 nitrogen and oxygen atoms in total. The van der Waals surface area contributed by atoms with Crippen LogP contribution < -0.4 is 20.1 Å². The van der Waals surface area contributed by atoms with Gasteiger partial charge >= 0.3 is 6.01 Å². The molecular weight excluding hydrogens is 272 g/mol. The normalized spacial score (nSPS) is 10.4. The van der Waals surface area contributed by atoms with Crippen LogP contribution in [0.25, 0.3) is 0 Å². The van der Waals surface area contributed by atoms with E-state index in [-0.39, 0.29) is 0 Å². The molecule has 1 heterocycles. The first-order chi connectivity index (χ1) is 10.3. The number of nitrogens with one attached hydrogen (secondary N) is 2. The van der Waals surface area contributed by atoms with Gasteiger partial charge in [-0.15, -0.1) is 5.10 Å².